The first-order valence-electron chi connectivity index (χ1n) is 6.78. The number of rotatable bonds is 9. The van der Waals surface area contributed by atoms with Gasteiger partial charge in [0.2, 0.25) is 0 Å². The summed E-state index contributed by atoms with van der Waals surface area (Å²) in [4.78, 5) is 11.1. The molecule has 0 radical (unpaired) electrons. The molecule has 0 aliphatic heterocycles. The van der Waals surface area contributed by atoms with Crippen molar-refractivity contribution in [2.24, 2.45) is 0 Å². The van der Waals surface area contributed by atoms with Gasteiger partial charge in [0, 0.05) is 12.6 Å². The number of esters is 1. The van der Waals surface area contributed by atoms with Gasteiger partial charge in [-0.2, -0.15) is 0 Å². The Morgan fingerprint density at radius 2 is 2.20 bits per heavy atom. The second-order valence-electron chi connectivity index (χ2n) is 4.31. The molecule has 1 atom stereocenters. The van der Waals surface area contributed by atoms with Crippen molar-refractivity contribution in [3.05, 3.63) is 29.8 Å². The maximum atomic E-state index is 11.1. The number of nitrogens with one attached hydrogen (secondary N) is 1. The van der Waals surface area contributed by atoms with Crippen molar-refractivity contribution < 1.29 is 19.0 Å². The van der Waals surface area contributed by atoms with Gasteiger partial charge in [0.1, 0.15) is 12.4 Å². The highest BCUT2D eigenvalue weighted by Crippen LogP contribution is 2.18. The first kappa shape index (κ1) is 16.5. The highest BCUT2D eigenvalue weighted by atomic mass is 16.6. The smallest absolute Gasteiger partial charge is 0.332 e. The van der Waals surface area contributed by atoms with Crippen LogP contribution in [0.4, 0.5) is 0 Å². The molecule has 0 heterocycles. The van der Waals surface area contributed by atoms with Crippen molar-refractivity contribution in [2.45, 2.75) is 19.9 Å². The fourth-order valence-corrected chi connectivity index (χ4v) is 1.73. The zero-order valence-electron chi connectivity index (χ0n) is 12.3. The molecule has 1 aromatic carbocycles. The van der Waals surface area contributed by atoms with Crippen LogP contribution in [0.5, 0.6) is 5.75 Å². The van der Waals surface area contributed by atoms with Crippen LogP contribution in [0.3, 0.4) is 0 Å². The number of hydrogen-bond donors (Lipinski definition) is 1. The number of methoxy groups -OCH3 is 1. The van der Waals surface area contributed by atoms with E-state index in [-0.39, 0.29) is 18.6 Å². The predicted molar refractivity (Wildman–Crippen MR) is 76.9 cm³/mol. The van der Waals surface area contributed by atoms with Gasteiger partial charge in [-0.25, -0.2) is 4.79 Å². The Morgan fingerprint density at radius 1 is 1.40 bits per heavy atom. The minimum absolute atomic E-state index is 0.00304. The molecule has 0 aliphatic carbocycles. The molecular weight excluding hydrogens is 258 g/mol. The normalized spacial score (nSPS) is 11.9. The van der Waals surface area contributed by atoms with Crippen LogP contribution in [0.2, 0.25) is 0 Å². The zero-order chi connectivity index (χ0) is 14.8. The Labute approximate surface area is 120 Å². The van der Waals surface area contributed by atoms with Crippen molar-refractivity contribution in [2.75, 3.05) is 33.5 Å². The van der Waals surface area contributed by atoms with E-state index in [2.05, 4.69) is 12.2 Å². The Kier molecular flexibility index (Phi) is 7.69. The standard InChI is InChI=1S/C15H23NO4/c1-4-20-15(17)11-19-9-8-16-12(2)13-6-5-7-14(10-13)18-3/h5-7,10,12,16H,4,8-9,11H2,1-3H3/t12-/m1/s1. The predicted octanol–water partition coefficient (Wildman–Crippen LogP) is 1.93. The second kappa shape index (κ2) is 9.34. The van der Waals surface area contributed by atoms with Crippen LogP contribution >= 0.6 is 0 Å². The van der Waals surface area contributed by atoms with Gasteiger partial charge < -0.3 is 19.5 Å². The topological polar surface area (TPSA) is 56.8 Å². The van der Waals surface area contributed by atoms with E-state index in [0.29, 0.717) is 19.8 Å². The number of hydrogen-bond acceptors (Lipinski definition) is 5. The summed E-state index contributed by atoms with van der Waals surface area (Å²) in [6.07, 6.45) is 0. The molecule has 0 aromatic heterocycles. The molecule has 20 heavy (non-hydrogen) atoms. The van der Waals surface area contributed by atoms with Gasteiger partial charge >= 0.3 is 5.97 Å². The van der Waals surface area contributed by atoms with Crippen LogP contribution in [0.1, 0.15) is 25.5 Å². The molecule has 0 fully saturated rings. The third kappa shape index (κ3) is 6.04. The molecule has 0 aliphatic rings. The average molecular weight is 281 g/mol. The maximum absolute atomic E-state index is 11.1. The largest absolute Gasteiger partial charge is 0.497 e. The van der Waals surface area contributed by atoms with Gasteiger partial charge in [-0.3, -0.25) is 0 Å². The lowest BCUT2D eigenvalue weighted by atomic mass is 10.1. The lowest BCUT2D eigenvalue weighted by Gasteiger charge is -2.15. The second-order valence-corrected chi connectivity index (χ2v) is 4.31. The van der Waals surface area contributed by atoms with Gasteiger partial charge in [0.25, 0.3) is 0 Å². The Morgan fingerprint density at radius 3 is 2.90 bits per heavy atom. The summed E-state index contributed by atoms with van der Waals surface area (Å²) in [6, 6.07) is 8.11. The average Bonchev–Trinajstić information content (AvgIpc) is 2.47. The van der Waals surface area contributed by atoms with Crippen molar-refractivity contribution in [1.29, 1.82) is 0 Å². The van der Waals surface area contributed by atoms with Crippen LogP contribution < -0.4 is 10.1 Å². The number of ether oxygens (including phenoxy) is 3. The monoisotopic (exact) mass is 281 g/mol. The van der Waals surface area contributed by atoms with E-state index in [1.165, 1.54) is 0 Å². The Bertz CT molecular complexity index is 409. The Hall–Kier alpha value is -1.59. The number of carbonyl (C=O) groups is 1. The third-order valence-electron chi connectivity index (χ3n) is 2.82. The summed E-state index contributed by atoms with van der Waals surface area (Å²) >= 11 is 0. The highest BCUT2D eigenvalue weighted by Gasteiger charge is 2.06. The lowest BCUT2D eigenvalue weighted by Crippen LogP contribution is -2.24. The minimum Gasteiger partial charge on any atom is -0.497 e. The van der Waals surface area contributed by atoms with E-state index in [9.17, 15) is 4.79 Å². The SMILES string of the molecule is CCOC(=O)COCCN[C@H](C)c1cccc(OC)c1. The van der Waals surface area contributed by atoms with Crippen molar-refractivity contribution >= 4 is 5.97 Å². The lowest BCUT2D eigenvalue weighted by molar-refractivity contribution is -0.148. The third-order valence-corrected chi connectivity index (χ3v) is 2.82. The molecule has 0 bridgehead atoms. The van der Waals surface area contributed by atoms with Gasteiger partial charge in [-0.1, -0.05) is 12.1 Å². The number of benzene rings is 1. The van der Waals surface area contributed by atoms with Crippen LogP contribution in [0.25, 0.3) is 0 Å². The number of carbonyl (C=O) groups excluding carboxylic acids is 1. The first-order valence-corrected chi connectivity index (χ1v) is 6.78. The fraction of sp³-hybridized carbons (Fsp3) is 0.533. The molecule has 0 unspecified atom stereocenters. The molecule has 0 saturated heterocycles. The van der Waals surface area contributed by atoms with E-state index >= 15 is 0 Å². The molecule has 1 rings (SSSR count). The van der Waals surface area contributed by atoms with E-state index in [1.807, 2.05) is 24.3 Å². The van der Waals surface area contributed by atoms with Crippen LogP contribution in [-0.2, 0) is 14.3 Å². The van der Waals surface area contributed by atoms with Crippen molar-refractivity contribution in [3.8, 4) is 5.75 Å². The molecule has 1 N–H and O–H groups in total. The zero-order valence-corrected chi connectivity index (χ0v) is 12.3. The highest BCUT2D eigenvalue weighted by molar-refractivity contribution is 5.70. The summed E-state index contributed by atoms with van der Waals surface area (Å²) < 4.78 is 15.2. The molecule has 0 spiro atoms. The van der Waals surface area contributed by atoms with Gasteiger partial charge in [0.05, 0.1) is 20.3 Å². The molecule has 1 aromatic rings. The van der Waals surface area contributed by atoms with Crippen LogP contribution in [-0.4, -0.2) is 39.4 Å². The Balaban J connectivity index is 2.22. The van der Waals surface area contributed by atoms with Crippen molar-refractivity contribution in [1.82, 2.24) is 5.32 Å². The summed E-state index contributed by atoms with van der Waals surface area (Å²) in [6.45, 7) is 5.36. The summed E-state index contributed by atoms with van der Waals surface area (Å²) in [5.41, 5.74) is 1.15. The van der Waals surface area contributed by atoms with Gasteiger partial charge in [-0.05, 0) is 31.5 Å². The quantitative estimate of drug-likeness (QED) is 0.553. The molecule has 5 nitrogen and oxygen atoms in total. The van der Waals surface area contributed by atoms with Crippen LogP contribution in [0, 0.1) is 0 Å². The van der Waals surface area contributed by atoms with Crippen LogP contribution in [0.15, 0.2) is 24.3 Å². The van der Waals surface area contributed by atoms with E-state index in [0.717, 1.165) is 11.3 Å². The van der Waals surface area contributed by atoms with Gasteiger partial charge in [0.15, 0.2) is 0 Å². The molecular formula is C15H23NO4. The summed E-state index contributed by atoms with van der Waals surface area (Å²) in [5, 5.41) is 3.32. The summed E-state index contributed by atoms with van der Waals surface area (Å²) in [5.74, 6) is 0.517. The fourth-order valence-electron chi connectivity index (χ4n) is 1.73. The minimum atomic E-state index is -0.326. The van der Waals surface area contributed by atoms with Gasteiger partial charge in [-0.15, -0.1) is 0 Å². The van der Waals surface area contributed by atoms with E-state index < -0.39 is 0 Å². The maximum Gasteiger partial charge on any atom is 0.332 e. The van der Waals surface area contributed by atoms with Crippen molar-refractivity contribution in [3.63, 3.8) is 0 Å². The van der Waals surface area contributed by atoms with E-state index in [1.54, 1.807) is 14.0 Å². The van der Waals surface area contributed by atoms with E-state index in [4.69, 9.17) is 14.2 Å². The summed E-state index contributed by atoms with van der Waals surface area (Å²) in [7, 11) is 1.65. The first-order chi connectivity index (χ1) is 9.67. The molecule has 5 heteroatoms. The molecule has 0 saturated carbocycles. The molecule has 0 amide bonds. The molecule has 112 valence electrons.